The molecule has 2 amide bonds. The Morgan fingerprint density at radius 3 is 2.15 bits per heavy atom. The van der Waals surface area contributed by atoms with E-state index in [-0.39, 0.29) is 16.1 Å². The highest BCUT2D eigenvalue weighted by Gasteiger charge is 2.17. The lowest BCUT2D eigenvalue weighted by Crippen LogP contribution is -2.28. The van der Waals surface area contributed by atoms with Gasteiger partial charge in [-0.1, -0.05) is 0 Å². The number of sulfonamides is 1. The standard InChI is InChI=1S/C17H19N3O4S2/c1-11(25-15-7-3-13(18)4-8-15)17(22)19-14-5-9-16(10-6-14)26(23,24)20-12(2)21/h3-11H,18H2,1-2H3,(H,19,22)(H,20,21)/t11-/m0/s1. The largest absolute Gasteiger partial charge is 0.399 e. The molecule has 0 saturated carbocycles. The molecule has 0 spiro atoms. The second-order valence-electron chi connectivity index (χ2n) is 5.50. The maximum absolute atomic E-state index is 12.3. The van der Waals surface area contributed by atoms with Gasteiger partial charge in [-0.05, 0) is 55.5 Å². The second-order valence-corrected chi connectivity index (χ2v) is 8.60. The Morgan fingerprint density at radius 2 is 1.62 bits per heavy atom. The van der Waals surface area contributed by atoms with Crippen LogP contribution >= 0.6 is 11.8 Å². The number of nitrogens with two attached hydrogens (primary N) is 1. The van der Waals surface area contributed by atoms with Crippen molar-refractivity contribution in [3.05, 3.63) is 48.5 Å². The molecule has 0 radical (unpaired) electrons. The van der Waals surface area contributed by atoms with Crippen molar-refractivity contribution in [2.45, 2.75) is 28.9 Å². The second kappa shape index (κ2) is 8.24. The summed E-state index contributed by atoms with van der Waals surface area (Å²) in [6.45, 7) is 2.89. The molecule has 2 rings (SSSR count). The van der Waals surface area contributed by atoms with Crippen molar-refractivity contribution in [1.29, 1.82) is 0 Å². The van der Waals surface area contributed by atoms with Crippen LogP contribution in [-0.4, -0.2) is 25.5 Å². The molecule has 0 fully saturated rings. The van der Waals surface area contributed by atoms with Crippen LogP contribution in [-0.2, 0) is 19.6 Å². The first kappa shape index (κ1) is 19.8. The third-order valence-electron chi connectivity index (χ3n) is 3.27. The summed E-state index contributed by atoms with van der Waals surface area (Å²) in [6.07, 6.45) is 0. The van der Waals surface area contributed by atoms with E-state index in [0.29, 0.717) is 11.4 Å². The summed E-state index contributed by atoms with van der Waals surface area (Å²) in [5.74, 6) is -0.889. The summed E-state index contributed by atoms with van der Waals surface area (Å²) < 4.78 is 25.6. The number of hydrogen-bond donors (Lipinski definition) is 3. The van der Waals surface area contributed by atoms with Gasteiger partial charge in [0.25, 0.3) is 10.0 Å². The Kier molecular flexibility index (Phi) is 6.27. The van der Waals surface area contributed by atoms with Crippen LogP contribution in [0.5, 0.6) is 0 Å². The number of carbonyl (C=O) groups excluding carboxylic acids is 2. The van der Waals surface area contributed by atoms with Crippen molar-refractivity contribution in [2.75, 3.05) is 11.1 Å². The first-order valence-corrected chi connectivity index (χ1v) is 10.00. The molecule has 0 aromatic heterocycles. The number of benzene rings is 2. The number of hydrogen-bond acceptors (Lipinski definition) is 6. The van der Waals surface area contributed by atoms with Gasteiger partial charge in [0, 0.05) is 23.2 Å². The first-order chi connectivity index (χ1) is 12.2. The van der Waals surface area contributed by atoms with E-state index in [1.165, 1.54) is 36.0 Å². The van der Waals surface area contributed by atoms with Crippen LogP contribution in [0, 0.1) is 0 Å². The number of nitrogen functional groups attached to an aromatic ring is 1. The molecular weight excluding hydrogens is 374 g/mol. The van der Waals surface area contributed by atoms with Crippen molar-refractivity contribution < 1.29 is 18.0 Å². The molecular formula is C17H19N3O4S2. The highest BCUT2D eigenvalue weighted by Crippen LogP contribution is 2.25. The highest BCUT2D eigenvalue weighted by atomic mass is 32.2. The van der Waals surface area contributed by atoms with E-state index >= 15 is 0 Å². The molecule has 0 aliphatic heterocycles. The molecule has 0 saturated heterocycles. The third-order valence-corrected chi connectivity index (χ3v) is 5.83. The van der Waals surface area contributed by atoms with Crippen molar-refractivity contribution in [3.63, 3.8) is 0 Å². The molecule has 0 aliphatic carbocycles. The summed E-state index contributed by atoms with van der Waals surface area (Å²) in [7, 11) is -3.89. The Bertz CT molecular complexity index is 895. The van der Waals surface area contributed by atoms with E-state index in [1.54, 1.807) is 19.1 Å². The van der Waals surface area contributed by atoms with Gasteiger partial charge in [-0.2, -0.15) is 0 Å². The fourth-order valence-corrected chi connectivity index (χ4v) is 3.87. The molecule has 9 heteroatoms. The topological polar surface area (TPSA) is 118 Å². The zero-order valence-electron chi connectivity index (χ0n) is 14.2. The maximum atomic E-state index is 12.3. The van der Waals surface area contributed by atoms with Gasteiger partial charge in [-0.15, -0.1) is 11.8 Å². The Labute approximate surface area is 156 Å². The van der Waals surface area contributed by atoms with Gasteiger partial charge in [0.15, 0.2) is 0 Å². The number of thioether (sulfide) groups is 1. The summed E-state index contributed by atoms with van der Waals surface area (Å²) in [4.78, 5) is 24.1. The van der Waals surface area contributed by atoms with Crippen LogP contribution in [0.15, 0.2) is 58.3 Å². The third kappa shape index (κ3) is 5.50. The van der Waals surface area contributed by atoms with Crippen molar-refractivity contribution in [1.82, 2.24) is 4.72 Å². The predicted octanol–water partition coefficient (Wildman–Crippen LogP) is 2.21. The lowest BCUT2D eigenvalue weighted by molar-refractivity contribution is -0.117. The van der Waals surface area contributed by atoms with Gasteiger partial charge in [0.05, 0.1) is 10.1 Å². The SMILES string of the molecule is CC(=O)NS(=O)(=O)c1ccc(NC(=O)[C@H](C)Sc2ccc(N)cc2)cc1. The summed E-state index contributed by atoms with van der Waals surface area (Å²) in [5.41, 5.74) is 6.75. The van der Waals surface area contributed by atoms with Crippen molar-refractivity contribution in [3.8, 4) is 0 Å². The molecule has 1 atom stereocenters. The first-order valence-electron chi connectivity index (χ1n) is 7.64. The van der Waals surface area contributed by atoms with Crippen LogP contribution in [0.25, 0.3) is 0 Å². The summed E-state index contributed by atoms with van der Waals surface area (Å²) in [6, 6.07) is 12.8. The van der Waals surface area contributed by atoms with E-state index in [2.05, 4.69) is 5.32 Å². The monoisotopic (exact) mass is 393 g/mol. The fraction of sp³-hybridized carbons (Fsp3) is 0.176. The number of anilines is 2. The zero-order chi connectivity index (χ0) is 19.3. The van der Waals surface area contributed by atoms with Gasteiger partial charge in [0.1, 0.15) is 0 Å². The summed E-state index contributed by atoms with van der Waals surface area (Å²) in [5, 5.41) is 2.37. The molecule has 0 unspecified atom stereocenters. The van der Waals surface area contributed by atoms with Crippen LogP contribution in [0.4, 0.5) is 11.4 Å². The molecule has 0 bridgehead atoms. The van der Waals surface area contributed by atoms with Crippen LogP contribution in [0.1, 0.15) is 13.8 Å². The van der Waals surface area contributed by atoms with E-state index in [4.69, 9.17) is 5.73 Å². The average molecular weight is 393 g/mol. The molecule has 0 aliphatic rings. The van der Waals surface area contributed by atoms with Gasteiger partial charge >= 0.3 is 0 Å². The highest BCUT2D eigenvalue weighted by molar-refractivity contribution is 8.00. The number of carbonyl (C=O) groups is 2. The lowest BCUT2D eigenvalue weighted by atomic mass is 10.3. The Morgan fingerprint density at radius 1 is 1.04 bits per heavy atom. The fourth-order valence-electron chi connectivity index (χ4n) is 2.01. The van der Waals surface area contributed by atoms with Crippen LogP contribution in [0.3, 0.4) is 0 Å². The molecule has 2 aromatic carbocycles. The average Bonchev–Trinajstić information content (AvgIpc) is 2.56. The molecule has 0 heterocycles. The molecule has 26 heavy (non-hydrogen) atoms. The normalized spacial score (nSPS) is 12.2. The van der Waals surface area contributed by atoms with Crippen LogP contribution < -0.4 is 15.8 Å². The quantitative estimate of drug-likeness (QED) is 0.511. The maximum Gasteiger partial charge on any atom is 0.264 e. The van der Waals surface area contributed by atoms with E-state index < -0.39 is 15.9 Å². The molecule has 7 nitrogen and oxygen atoms in total. The minimum Gasteiger partial charge on any atom is -0.399 e. The van der Waals surface area contributed by atoms with Gasteiger partial charge < -0.3 is 11.1 Å². The summed E-state index contributed by atoms with van der Waals surface area (Å²) >= 11 is 1.38. The van der Waals surface area contributed by atoms with Crippen molar-refractivity contribution in [2.24, 2.45) is 0 Å². The van der Waals surface area contributed by atoms with Gasteiger partial charge in [0.2, 0.25) is 11.8 Å². The zero-order valence-corrected chi connectivity index (χ0v) is 15.9. The Hall–Kier alpha value is -2.52. The van der Waals surface area contributed by atoms with Crippen LogP contribution in [0.2, 0.25) is 0 Å². The number of nitrogens with one attached hydrogen (secondary N) is 2. The smallest absolute Gasteiger partial charge is 0.264 e. The van der Waals surface area contributed by atoms with Crippen molar-refractivity contribution >= 4 is 45.0 Å². The minimum absolute atomic E-state index is 0.0602. The molecule has 138 valence electrons. The van der Waals surface area contributed by atoms with Gasteiger partial charge in [-0.3, -0.25) is 9.59 Å². The van der Waals surface area contributed by atoms with E-state index in [1.807, 2.05) is 16.9 Å². The molecule has 4 N–H and O–H groups in total. The molecule has 2 aromatic rings. The van der Waals surface area contributed by atoms with E-state index in [0.717, 1.165) is 11.8 Å². The van der Waals surface area contributed by atoms with E-state index in [9.17, 15) is 18.0 Å². The minimum atomic E-state index is -3.89. The predicted molar refractivity (Wildman–Crippen MR) is 102 cm³/mol. The van der Waals surface area contributed by atoms with Gasteiger partial charge in [-0.25, -0.2) is 13.1 Å². The Balaban J connectivity index is 2.00. The lowest BCUT2D eigenvalue weighted by Gasteiger charge is -2.12. The number of rotatable bonds is 6. The number of amides is 2.